The van der Waals surface area contributed by atoms with Gasteiger partial charge in [-0.05, 0) is 18.9 Å². The number of nitrogens with one attached hydrogen (secondary N) is 1. The van der Waals surface area contributed by atoms with Gasteiger partial charge in [0.1, 0.15) is 5.82 Å². The average Bonchev–Trinajstić information content (AvgIpc) is 2.41. The number of rotatable bonds is 9. The van der Waals surface area contributed by atoms with Crippen molar-refractivity contribution in [3.8, 4) is 0 Å². The van der Waals surface area contributed by atoms with Gasteiger partial charge in [0.25, 0.3) is 0 Å². The van der Waals surface area contributed by atoms with Crippen LogP contribution in [0.5, 0.6) is 0 Å². The molecule has 6 nitrogen and oxygen atoms in total. The zero-order chi connectivity index (χ0) is 14.1. The van der Waals surface area contributed by atoms with Crippen LogP contribution in [-0.2, 0) is 4.79 Å². The molecule has 0 saturated carbocycles. The van der Waals surface area contributed by atoms with Crippen molar-refractivity contribution in [2.45, 2.75) is 33.1 Å². The van der Waals surface area contributed by atoms with E-state index in [-0.39, 0.29) is 12.5 Å². The smallest absolute Gasteiger partial charge is 0.236 e. The molecule has 1 rings (SSSR count). The normalized spacial score (nSPS) is 10.2. The molecule has 0 atom stereocenters. The van der Waals surface area contributed by atoms with Crippen molar-refractivity contribution in [3.63, 3.8) is 0 Å². The number of nitrogens with two attached hydrogens (primary N) is 1. The van der Waals surface area contributed by atoms with Crippen molar-refractivity contribution in [1.82, 2.24) is 9.97 Å². The summed E-state index contributed by atoms with van der Waals surface area (Å²) in [5.74, 6) is 0.976. The molecule has 0 spiro atoms. The number of nitrogens with zero attached hydrogens (tertiary/aromatic N) is 3. The largest absolute Gasteiger partial charge is 0.368 e. The molecule has 0 aliphatic heterocycles. The first-order valence-electron chi connectivity index (χ1n) is 6.77. The summed E-state index contributed by atoms with van der Waals surface area (Å²) in [5, 5.41) is 3.13. The van der Waals surface area contributed by atoms with Crippen molar-refractivity contribution >= 4 is 17.7 Å². The fourth-order valence-electron chi connectivity index (χ4n) is 1.66. The molecule has 19 heavy (non-hydrogen) atoms. The minimum Gasteiger partial charge on any atom is -0.368 e. The third-order valence-electron chi connectivity index (χ3n) is 2.63. The second-order valence-corrected chi connectivity index (χ2v) is 4.41. The van der Waals surface area contributed by atoms with E-state index in [2.05, 4.69) is 29.1 Å². The van der Waals surface area contributed by atoms with Crippen molar-refractivity contribution < 1.29 is 4.79 Å². The van der Waals surface area contributed by atoms with Gasteiger partial charge in [0.2, 0.25) is 11.9 Å². The van der Waals surface area contributed by atoms with Crippen LogP contribution in [0.25, 0.3) is 0 Å². The van der Waals surface area contributed by atoms with E-state index in [9.17, 15) is 4.79 Å². The highest BCUT2D eigenvalue weighted by molar-refractivity contribution is 5.79. The lowest BCUT2D eigenvalue weighted by Gasteiger charge is -2.22. The zero-order valence-electron chi connectivity index (χ0n) is 11.7. The molecular weight excluding hydrogens is 242 g/mol. The highest BCUT2D eigenvalue weighted by atomic mass is 16.1. The molecule has 0 unspecified atom stereocenters. The molecule has 0 aromatic carbocycles. The van der Waals surface area contributed by atoms with Gasteiger partial charge in [-0.1, -0.05) is 20.3 Å². The summed E-state index contributed by atoms with van der Waals surface area (Å²) >= 11 is 0. The van der Waals surface area contributed by atoms with Gasteiger partial charge >= 0.3 is 0 Å². The molecular formula is C13H23N5O. The van der Waals surface area contributed by atoms with E-state index in [1.165, 1.54) is 0 Å². The van der Waals surface area contributed by atoms with Crippen LogP contribution in [0.1, 0.15) is 33.1 Å². The number of aromatic nitrogens is 2. The number of hydrogen-bond donors (Lipinski definition) is 2. The third kappa shape index (κ3) is 5.54. The van der Waals surface area contributed by atoms with Crippen molar-refractivity contribution in [2.24, 2.45) is 5.73 Å². The molecule has 0 radical (unpaired) electrons. The lowest BCUT2D eigenvalue weighted by Crippen LogP contribution is -2.35. The Balaban J connectivity index is 2.78. The quantitative estimate of drug-likeness (QED) is 0.705. The van der Waals surface area contributed by atoms with Crippen LogP contribution in [0.2, 0.25) is 0 Å². The van der Waals surface area contributed by atoms with Crippen LogP contribution in [-0.4, -0.2) is 35.5 Å². The predicted octanol–water partition coefficient (Wildman–Crippen LogP) is 1.39. The van der Waals surface area contributed by atoms with E-state index in [0.717, 1.165) is 38.2 Å². The van der Waals surface area contributed by atoms with Gasteiger partial charge in [-0.2, -0.15) is 4.98 Å². The molecule has 3 N–H and O–H groups in total. The van der Waals surface area contributed by atoms with Crippen molar-refractivity contribution in [3.05, 3.63) is 12.3 Å². The van der Waals surface area contributed by atoms with E-state index < -0.39 is 0 Å². The van der Waals surface area contributed by atoms with Gasteiger partial charge in [-0.25, -0.2) is 4.98 Å². The Bertz CT molecular complexity index is 396. The van der Waals surface area contributed by atoms with Crippen LogP contribution in [0, 0.1) is 0 Å². The minimum atomic E-state index is -0.349. The summed E-state index contributed by atoms with van der Waals surface area (Å²) in [7, 11) is 0. The lowest BCUT2D eigenvalue weighted by atomic mass is 10.3. The summed E-state index contributed by atoms with van der Waals surface area (Å²) in [6.45, 7) is 5.97. The van der Waals surface area contributed by atoms with Crippen LogP contribution < -0.4 is 16.0 Å². The highest BCUT2D eigenvalue weighted by Crippen LogP contribution is 2.12. The Hall–Kier alpha value is -1.85. The summed E-state index contributed by atoms with van der Waals surface area (Å²) in [6, 6.07) is 1.80. The number of amides is 1. The van der Waals surface area contributed by atoms with E-state index in [1.54, 1.807) is 12.3 Å². The molecule has 0 aliphatic carbocycles. The van der Waals surface area contributed by atoms with Gasteiger partial charge in [0, 0.05) is 19.3 Å². The third-order valence-corrected chi connectivity index (χ3v) is 2.63. The molecule has 0 fully saturated rings. The molecule has 106 valence electrons. The number of carbonyl (C=O) groups excluding carboxylic acids is 1. The van der Waals surface area contributed by atoms with Gasteiger partial charge in [-0.15, -0.1) is 0 Å². The summed E-state index contributed by atoms with van der Waals surface area (Å²) < 4.78 is 0. The molecule has 0 aliphatic rings. The van der Waals surface area contributed by atoms with Gasteiger partial charge < -0.3 is 16.0 Å². The molecule has 0 bridgehead atoms. The van der Waals surface area contributed by atoms with Gasteiger partial charge in [0.15, 0.2) is 0 Å². The fraction of sp³-hybridized carbons (Fsp3) is 0.615. The Kier molecular flexibility index (Phi) is 6.63. The second-order valence-electron chi connectivity index (χ2n) is 4.41. The number of unbranched alkanes of at least 4 members (excludes halogenated alkanes) is 1. The second kappa shape index (κ2) is 8.29. The zero-order valence-corrected chi connectivity index (χ0v) is 11.7. The molecule has 6 heteroatoms. The standard InChI is InChI=1S/C13H23N5O/c1-3-5-9-18(10-11(14)19)12-6-8-16-13(17-12)15-7-4-2/h6,8H,3-5,7,9-10H2,1-2H3,(H2,14,19)(H,15,16,17). The summed E-state index contributed by atoms with van der Waals surface area (Å²) in [6.07, 6.45) is 4.75. The minimum absolute atomic E-state index is 0.185. The molecule has 1 aromatic rings. The topological polar surface area (TPSA) is 84.1 Å². The SMILES string of the molecule is CCCCN(CC(N)=O)c1ccnc(NCCC)n1. The molecule has 0 saturated heterocycles. The average molecular weight is 265 g/mol. The first-order valence-corrected chi connectivity index (χ1v) is 6.77. The molecule has 1 heterocycles. The predicted molar refractivity (Wildman–Crippen MR) is 77.1 cm³/mol. The van der Waals surface area contributed by atoms with Crippen LogP contribution in [0.4, 0.5) is 11.8 Å². The Morgan fingerprint density at radius 1 is 1.42 bits per heavy atom. The summed E-state index contributed by atoms with van der Waals surface area (Å²) in [5.41, 5.74) is 5.28. The first kappa shape index (κ1) is 15.2. The molecule has 1 amide bonds. The Morgan fingerprint density at radius 2 is 2.21 bits per heavy atom. The van der Waals surface area contributed by atoms with E-state index in [0.29, 0.717) is 5.95 Å². The Morgan fingerprint density at radius 3 is 2.84 bits per heavy atom. The van der Waals surface area contributed by atoms with Crippen LogP contribution in [0.3, 0.4) is 0 Å². The first-order chi connectivity index (χ1) is 9.17. The van der Waals surface area contributed by atoms with E-state index in [4.69, 9.17) is 5.73 Å². The maximum absolute atomic E-state index is 11.1. The highest BCUT2D eigenvalue weighted by Gasteiger charge is 2.11. The lowest BCUT2D eigenvalue weighted by molar-refractivity contribution is -0.116. The molecule has 1 aromatic heterocycles. The van der Waals surface area contributed by atoms with Crippen LogP contribution in [0.15, 0.2) is 12.3 Å². The van der Waals surface area contributed by atoms with E-state index in [1.807, 2.05) is 4.90 Å². The van der Waals surface area contributed by atoms with Crippen LogP contribution >= 0.6 is 0 Å². The summed E-state index contributed by atoms with van der Waals surface area (Å²) in [4.78, 5) is 21.6. The van der Waals surface area contributed by atoms with Gasteiger partial charge in [0.05, 0.1) is 6.54 Å². The van der Waals surface area contributed by atoms with Crippen molar-refractivity contribution in [1.29, 1.82) is 0 Å². The number of carbonyl (C=O) groups is 1. The Labute approximate surface area is 114 Å². The fourth-order valence-corrected chi connectivity index (χ4v) is 1.66. The maximum Gasteiger partial charge on any atom is 0.236 e. The van der Waals surface area contributed by atoms with E-state index >= 15 is 0 Å². The van der Waals surface area contributed by atoms with Gasteiger partial charge in [-0.3, -0.25) is 4.79 Å². The monoisotopic (exact) mass is 265 g/mol. The number of anilines is 2. The van der Waals surface area contributed by atoms with Crippen molar-refractivity contribution in [2.75, 3.05) is 29.9 Å². The number of primary amides is 1. The maximum atomic E-state index is 11.1. The number of hydrogen-bond acceptors (Lipinski definition) is 5.